The number of carboxylic acids is 1. The van der Waals surface area contributed by atoms with E-state index in [9.17, 15) is 9.59 Å². The number of carboxylic acid groups (broad SMARTS) is 1. The van der Waals surface area contributed by atoms with E-state index in [1.165, 1.54) is 18.1 Å². The lowest BCUT2D eigenvalue weighted by atomic mass is 9.98. The van der Waals surface area contributed by atoms with Crippen LogP contribution in [0.5, 0.6) is 0 Å². The Balaban J connectivity index is 2.11. The Kier molecular flexibility index (Phi) is 5.02. The van der Waals surface area contributed by atoms with Crippen molar-refractivity contribution in [3.05, 3.63) is 36.2 Å². The first kappa shape index (κ1) is 16.6. The third-order valence-corrected chi connectivity index (χ3v) is 3.16. The van der Waals surface area contributed by atoms with Crippen LogP contribution in [0.3, 0.4) is 0 Å². The SMILES string of the molecule is COCC(C)(CC(=O)O)NC(=O)c1ccc(-n2cnnn2)cc1. The maximum Gasteiger partial charge on any atom is 0.305 e. The predicted octanol–water partition coefficient (Wildman–Crippen LogP) is 0.272. The van der Waals surface area contributed by atoms with Crippen LogP contribution in [-0.4, -0.2) is 56.4 Å². The number of aromatic nitrogens is 4. The average Bonchev–Trinajstić information content (AvgIpc) is 3.00. The second-order valence-corrected chi connectivity index (χ2v) is 5.32. The Hall–Kier alpha value is -2.81. The molecule has 0 saturated heterocycles. The van der Waals surface area contributed by atoms with Crippen LogP contribution in [0, 0.1) is 0 Å². The fraction of sp³-hybridized carbons (Fsp3) is 0.357. The zero-order valence-electron chi connectivity index (χ0n) is 12.8. The van der Waals surface area contributed by atoms with E-state index in [1.807, 2.05) is 0 Å². The van der Waals surface area contributed by atoms with Gasteiger partial charge in [0.05, 0.1) is 24.3 Å². The predicted molar refractivity (Wildman–Crippen MR) is 79.2 cm³/mol. The van der Waals surface area contributed by atoms with E-state index < -0.39 is 11.5 Å². The summed E-state index contributed by atoms with van der Waals surface area (Å²) in [7, 11) is 1.45. The average molecular weight is 319 g/mol. The van der Waals surface area contributed by atoms with Gasteiger partial charge >= 0.3 is 5.97 Å². The van der Waals surface area contributed by atoms with Gasteiger partial charge in [-0.15, -0.1) is 5.10 Å². The van der Waals surface area contributed by atoms with E-state index in [0.29, 0.717) is 11.3 Å². The minimum atomic E-state index is -1.01. The lowest BCUT2D eigenvalue weighted by Crippen LogP contribution is -2.50. The molecule has 1 heterocycles. The fourth-order valence-corrected chi connectivity index (χ4v) is 2.18. The van der Waals surface area contributed by atoms with Crippen LogP contribution >= 0.6 is 0 Å². The zero-order chi connectivity index (χ0) is 16.9. The minimum Gasteiger partial charge on any atom is -0.481 e. The van der Waals surface area contributed by atoms with Gasteiger partial charge in [0.2, 0.25) is 0 Å². The molecule has 0 aliphatic heterocycles. The smallest absolute Gasteiger partial charge is 0.305 e. The summed E-state index contributed by atoms with van der Waals surface area (Å²) in [5.74, 6) is -1.40. The van der Waals surface area contributed by atoms with E-state index >= 15 is 0 Å². The number of benzene rings is 1. The maximum absolute atomic E-state index is 12.3. The van der Waals surface area contributed by atoms with Crippen LogP contribution in [0.2, 0.25) is 0 Å². The van der Waals surface area contributed by atoms with Gasteiger partial charge in [0.1, 0.15) is 6.33 Å². The van der Waals surface area contributed by atoms with Crippen molar-refractivity contribution in [3.63, 3.8) is 0 Å². The monoisotopic (exact) mass is 319 g/mol. The molecule has 1 aromatic carbocycles. The molecule has 0 fully saturated rings. The number of ether oxygens (including phenoxy) is 1. The molecule has 0 radical (unpaired) electrons. The summed E-state index contributed by atoms with van der Waals surface area (Å²) in [6.45, 7) is 1.71. The molecule has 9 heteroatoms. The standard InChI is InChI=1S/C14H17N5O4/c1-14(8-23-2,7-12(20)21)16-13(22)10-3-5-11(6-4-10)19-9-15-17-18-19/h3-6,9H,7-8H2,1-2H3,(H,16,22)(H,20,21). The van der Waals surface area contributed by atoms with Crippen molar-refractivity contribution in [1.29, 1.82) is 0 Å². The third-order valence-electron chi connectivity index (χ3n) is 3.16. The van der Waals surface area contributed by atoms with Crippen LogP contribution in [0.15, 0.2) is 30.6 Å². The van der Waals surface area contributed by atoms with Crippen molar-refractivity contribution in [1.82, 2.24) is 25.5 Å². The van der Waals surface area contributed by atoms with Crippen LogP contribution in [0.1, 0.15) is 23.7 Å². The lowest BCUT2D eigenvalue weighted by molar-refractivity contribution is -0.139. The van der Waals surface area contributed by atoms with Crippen LogP contribution in [0.4, 0.5) is 0 Å². The molecule has 0 spiro atoms. The molecule has 2 aromatic rings. The van der Waals surface area contributed by atoms with Gasteiger partial charge < -0.3 is 15.2 Å². The largest absolute Gasteiger partial charge is 0.481 e. The van der Waals surface area contributed by atoms with E-state index in [0.717, 1.165) is 0 Å². The molecule has 2 rings (SSSR count). The van der Waals surface area contributed by atoms with Crippen molar-refractivity contribution in [3.8, 4) is 5.69 Å². The number of rotatable bonds is 7. The number of carbonyl (C=O) groups excluding carboxylic acids is 1. The van der Waals surface area contributed by atoms with E-state index in [2.05, 4.69) is 20.8 Å². The summed E-state index contributed by atoms with van der Waals surface area (Å²) < 4.78 is 6.47. The number of hydrogen-bond acceptors (Lipinski definition) is 6. The Labute approximate surface area is 132 Å². The van der Waals surface area contributed by atoms with Gasteiger partial charge in [0.15, 0.2) is 0 Å². The molecule has 122 valence electrons. The highest BCUT2D eigenvalue weighted by atomic mass is 16.5. The summed E-state index contributed by atoms with van der Waals surface area (Å²) in [6.07, 6.45) is 1.20. The molecule has 2 N–H and O–H groups in total. The Bertz CT molecular complexity index is 671. The highest BCUT2D eigenvalue weighted by molar-refractivity contribution is 5.95. The van der Waals surface area contributed by atoms with Gasteiger partial charge in [-0.3, -0.25) is 9.59 Å². The molecule has 0 aliphatic rings. The molecular formula is C14H17N5O4. The molecule has 1 aromatic heterocycles. The molecule has 1 unspecified atom stereocenters. The lowest BCUT2D eigenvalue weighted by Gasteiger charge is -2.28. The molecule has 1 atom stereocenters. The summed E-state index contributed by atoms with van der Waals surface area (Å²) in [5.41, 5.74) is 0.109. The first-order valence-corrected chi connectivity index (χ1v) is 6.80. The quantitative estimate of drug-likeness (QED) is 0.751. The molecule has 1 amide bonds. The van der Waals surface area contributed by atoms with Gasteiger partial charge in [0.25, 0.3) is 5.91 Å². The molecule has 23 heavy (non-hydrogen) atoms. The second-order valence-electron chi connectivity index (χ2n) is 5.32. The summed E-state index contributed by atoms with van der Waals surface area (Å²) in [6, 6.07) is 6.60. The number of hydrogen-bond donors (Lipinski definition) is 2. The van der Waals surface area contributed by atoms with Gasteiger partial charge in [-0.25, -0.2) is 4.68 Å². The zero-order valence-corrected chi connectivity index (χ0v) is 12.8. The van der Waals surface area contributed by atoms with Gasteiger partial charge in [-0.1, -0.05) is 0 Å². The van der Waals surface area contributed by atoms with Crippen LogP contribution in [-0.2, 0) is 9.53 Å². The summed E-state index contributed by atoms with van der Waals surface area (Å²) >= 11 is 0. The first-order chi connectivity index (χ1) is 10.9. The first-order valence-electron chi connectivity index (χ1n) is 6.80. The van der Waals surface area contributed by atoms with Crippen molar-refractivity contribution in [2.45, 2.75) is 18.9 Å². The van der Waals surface area contributed by atoms with Gasteiger partial charge in [0, 0.05) is 12.7 Å². The second kappa shape index (κ2) is 6.97. The number of nitrogens with zero attached hydrogens (tertiary/aromatic N) is 4. The van der Waals surface area contributed by atoms with Gasteiger partial charge in [-0.05, 0) is 41.6 Å². The Morgan fingerprint density at radius 3 is 2.57 bits per heavy atom. The minimum absolute atomic E-state index is 0.0910. The third kappa shape index (κ3) is 4.33. The Morgan fingerprint density at radius 2 is 2.04 bits per heavy atom. The number of nitrogens with one attached hydrogen (secondary N) is 1. The van der Waals surface area contributed by atoms with E-state index in [1.54, 1.807) is 31.2 Å². The highest BCUT2D eigenvalue weighted by Crippen LogP contribution is 2.13. The molecule has 0 aliphatic carbocycles. The van der Waals surface area contributed by atoms with E-state index in [-0.39, 0.29) is 18.9 Å². The van der Waals surface area contributed by atoms with Crippen molar-refractivity contribution in [2.75, 3.05) is 13.7 Å². The van der Waals surface area contributed by atoms with E-state index in [4.69, 9.17) is 9.84 Å². The van der Waals surface area contributed by atoms with Crippen LogP contribution in [0.25, 0.3) is 5.69 Å². The number of amides is 1. The van der Waals surface area contributed by atoms with Crippen molar-refractivity contribution < 1.29 is 19.4 Å². The van der Waals surface area contributed by atoms with Crippen molar-refractivity contribution >= 4 is 11.9 Å². The molecule has 0 saturated carbocycles. The number of tetrazole rings is 1. The number of carbonyl (C=O) groups is 2. The molecular weight excluding hydrogens is 302 g/mol. The topological polar surface area (TPSA) is 119 Å². The highest BCUT2D eigenvalue weighted by Gasteiger charge is 2.29. The fourth-order valence-electron chi connectivity index (χ4n) is 2.18. The summed E-state index contributed by atoms with van der Waals surface area (Å²) in [5, 5.41) is 22.5. The van der Waals surface area contributed by atoms with Crippen LogP contribution < -0.4 is 5.32 Å². The molecule has 9 nitrogen and oxygen atoms in total. The normalized spacial score (nSPS) is 13.3. The van der Waals surface area contributed by atoms with Gasteiger partial charge in [-0.2, -0.15) is 0 Å². The number of methoxy groups -OCH3 is 1. The van der Waals surface area contributed by atoms with Crippen molar-refractivity contribution in [2.24, 2.45) is 0 Å². The number of aliphatic carboxylic acids is 1. The Morgan fingerprint density at radius 1 is 1.35 bits per heavy atom. The summed E-state index contributed by atoms with van der Waals surface area (Å²) in [4.78, 5) is 23.3. The molecule has 0 bridgehead atoms. The maximum atomic E-state index is 12.3.